The second-order valence-electron chi connectivity index (χ2n) is 11.0. The maximum Gasteiger partial charge on any atom is 0.256 e. The van der Waals surface area contributed by atoms with Crippen molar-refractivity contribution in [3.63, 3.8) is 0 Å². The average Bonchev–Trinajstić information content (AvgIpc) is 3.36. The first kappa shape index (κ1) is 30.8. The molecular weight excluding hydrogens is 580 g/mol. The van der Waals surface area contributed by atoms with Crippen molar-refractivity contribution in [1.29, 1.82) is 0 Å². The van der Waals surface area contributed by atoms with Crippen LogP contribution >= 0.6 is 0 Å². The van der Waals surface area contributed by atoms with Crippen molar-refractivity contribution >= 4 is 32.7 Å². The van der Waals surface area contributed by atoms with Gasteiger partial charge in [0.2, 0.25) is 10.0 Å². The Labute approximate surface area is 256 Å². The van der Waals surface area contributed by atoms with Crippen LogP contribution in [0.2, 0.25) is 0 Å². The normalized spacial score (nSPS) is 14.0. The number of anilines is 1. The molecule has 0 atom stereocenters. The molecule has 44 heavy (non-hydrogen) atoms. The number of carbonyl (C=O) groups excluding carboxylic acids is 1. The summed E-state index contributed by atoms with van der Waals surface area (Å²) in [6, 6.07) is 9.03. The van der Waals surface area contributed by atoms with Crippen LogP contribution in [0.1, 0.15) is 33.6 Å². The molecule has 1 amide bonds. The summed E-state index contributed by atoms with van der Waals surface area (Å²) in [5, 5.41) is 3.32. The molecule has 0 spiro atoms. The summed E-state index contributed by atoms with van der Waals surface area (Å²) < 4.78 is 33.2. The number of likely N-dealkylation sites (N-methyl/N-ethyl adjacent to an activating group) is 1. The fourth-order valence-electron chi connectivity index (χ4n) is 5.47. The fourth-order valence-corrected chi connectivity index (χ4v) is 6.80. The van der Waals surface area contributed by atoms with E-state index >= 15 is 0 Å². The molecule has 12 heteroatoms. The zero-order valence-electron chi connectivity index (χ0n) is 25.3. The first-order chi connectivity index (χ1) is 21.0. The third-order valence-electron chi connectivity index (χ3n) is 7.89. The van der Waals surface area contributed by atoms with E-state index in [1.54, 1.807) is 38.2 Å². The van der Waals surface area contributed by atoms with E-state index in [0.29, 0.717) is 33.5 Å². The number of rotatable bonds is 9. The molecule has 1 saturated heterocycles. The van der Waals surface area contributed by atoms with Crippen molar-refractivity contribution in [2.24, 2.45) is 0 Å². The molecule has 2 N–H and O–H groups in total. The number of H-pyrrole nitrogens is 1. The molecule has 11 nitrogen and oxygen atoms in total. The van der Waals surface area contributed by atoms with Gasteiger partial charge in [0.05, 0.1) is 30.5 Å². The van der Waals surface area contributed by atoms with Gasteiger partial charge in [-0.1, -0.05) is 0 Å². The quantitative estimate of drug-likeness (QED) is 0.275. The minimum atomic E-state index is -3.82. The SMILES string of the molecule is C#CCCS(=O)(=O)n1cc(C)c2c(C(=O)NCc3c(OC)cc(C)[nH]c3=O)cc(-c3ccc(N4CCN(C)CC4)nc3)cc21. The Balaban J connectivity index is 1.57. The number of terminal acetylenes is 1. The van der Waals surface area contributed by atoms with Crippen molar-refractivity contribution in [2.75, 3.05) is 51.0 Å². The van der Waals surface area contributed by atoms with Gasteiger partial charge in [0.25, 0.3) is 11.5 Å². The number of aromatic nitrogens is 3. The van der Waals surface area contributed by atoms with Crippen LogP contribution in [-0.4, -0.2) is 79.3 Å². The summed E-state index contributed by atoms with van der Waals surface area (Å²) in [6.07, 6.45) is 8.67. The van der Waals surface area contributed by atoms with Crippen molar-refractivity contribution in [3.8, 4) is 29.2 Å². The summed E-state index contributed by atoms with van der Waals surface area (Å²) in [7, 11) is -0.260. The Morgan fingerprint density at radius 1 is 1.14 bits per heavy atom. The molecule has 0 unspecified atom stereocenters. The van der Waals surface area contributed by atoms with Gasteiger partial charge >= 0.3 is 0 Å². The number of hydrogen-bond acceptors (Lipinski definition) is 8. The zero-order chi connectivity index (χ0) is 31.6. The van der Waals surface area contributed by atoms with Gasteiger partial charge in [0.15, 0.2) is 0 Å². The van der Waals surface area contributed by atoms with Crippen LogP contribution in [0.25, 0.3) is 22.0 Å². The Morgan fingerprint density at radius 2 is 1.89 bits per heavy atom. The smallest absolute Gasteiger partial charge is 0.256 e. The first-order valence-corrected chi connectivity index (χ1v) is 15.9. The number of carbonyl (C=O) groups is 1. The van der Waals surface area contributed by atoms with E-state index < -0.39 is 15.9 Å². The molecule has 230 valence electrons. The molecule has 1 aliphatic heterocycles. The first-order valence-electron chi connectivity index (χ1n) is 14.3. The van der Waals surface area contributed by atoms with Gasteiger partial charge in [-0.3, -0.25) is 9.59 Å². The molecule has 1 aliphatic rings. The molecule has 4 aromatic rings. The molecule has 0 bridgehead atoms. The number of ether oxygens (including phenoxy) is 1. The zero-order valence-corrected chi connectivity index (χ0v) is 26.1. The fraction of sp³-hybridized carbons (Fsp3) is 0.344. The number of piperazine rings is 1. The van der Waals surface area contributed by atoms with Crippen LogP contribution in [0.5, 0.6) is 5.75 Å². The van der Waals surface area contributed by atoms with E-state index in [4.69, 9.17) is 16.1 Å². The van der Waals surface area contributed by atoms with Crippen LogP contribution in [0, 0.1) is 26.2 Å². The van der Waals surface area contributed by atoms with E-state index in [9.17, 15) is 18.0 Å². The molecule has 5 rings (SSSR count). The number of nitrogens with zero attached hydrogens (tertiary/aromatic N) is 4. The van der Waals surface area contributed by atoms with Crippen LogP contribution in [0.3, 0.4) is 0 Å². The van der Waals surface area contributed by atoms with Gasteiger partial charge < -0.3 is 24.8 Å². The summed E-state index contributed by atoms with van der Waals surface area (Å²) >= 11 is 0. The van der Waals surface area contributed by atoms with Crippen LogP contribution in [0.4, 0.5) is 5.82 Å². The van der Waals surface area contributed by atoms with E-state index in [1.165, 1.54) is 17.3 Å². The Hall–Kier alpha value is -4.60. The Bertz CT molecular complexity index is 1910. The molecule has 4 heterocycles. The minimum absolute atomic E-state index is 0.0543. The van der Waals surface area contributed by atoms with Gasteiger partial charge in [-0.25, -0.2) is 17.4 Å². The molecule has 1 fully saturated rings. The van der Waals surface area contributed by atoms with Crippen LogP contribution < -0.4 is 20.5 Å². The highest BCUT2D eigenvalue weighted by Crippen LogP contribution is 2.33. The molecular formula is C32H36N6O5S. The van der Waals surface area contributed by atoms with Crippen LogP contribution in [0.15, 0.2) is 47.5 Å². The Kier molecular flexibility index (Phi) is 8.80. The lowest BCUT2D eigenvalue weighted by Gasteiger charge is -2.33. The van der Waals surface area contributed by atoms with E-state index in [1.807, 2.05) is 12.1 Å². The highest BCUT2D eigenvalue weighted by molar-refractivity contribution is 7.90. The highest BCUT2D eigenvalue weighted by Gasteiger charge is 2.24. The highest BCUT2D eigenvalue weighted by atomic mass is 32.2. The maximum absolute atomic E-state index is 13.8. The average molecular weight is 617 g/mol. The monoisotopic (exact) mass is 616 g/mol. The standard InChI is InChI=1S/C32H36N6O5S/c1-6-7-14-44(41,42)38-20-21(2)30-25(31(39)34-19-26-28(43-5)15-22(3)35-32(26)40)16-24(17-27(30)38)23-8-9-29(33-18-23)37-12-10-36(4)11-13-37/h1,8-9,15-18,20H,7,10-14,19H2,2-5H3,(H,34,39)(H,35,40). The van der Waals surface area contributed by atoms with Crippen molar-refractivity contribution in [3.05, 3.63) is 75.5 Å². The van der Waals surface area contributed by atoms with Gasteiger partial charge in [-0.2, -0.15) is 0 Å². The Morgan fingerprint density at radius 3 is 2.55 bits per heavy atom. The lowest BCUT2D eigenvalue weighted by Crippen LogP contribution is -2.44. The van der Waals surface area contributed by atoms with E-state index in [2.05, 4.69) is 33.1 Å². The summed E-state index contributed by atoms with van der Waals surface area (Å²) in [6.45, 7) is 7.04. The molecule has 3 aromatic heterocycles. The van der Waals surface area contributed by atoms with Crippen molar-refractivity contribution < 1.29 is 17.9 Å². The largest absolute Gasteiger partial charge is 0.496 e. The number of nitrogens with one attached hydrogen (secondary N) is 2. The van der Waals surface area contributed by atoms with Crippen LogP contribution in [-0.2, 0) is 16.6 Å². The lowest BCUT2D eigenvalue weighted by molar-refractivity contribution is 0.0952. The number of hydrogen-bond donors (Lipinski definition) is 2. The lowest BCUT2D eigenvalue weighted by atomic mass is 9.99. The van der Waals surface area contributed by atoms with Crippen molar-refractivity contribution in [1.82, 2.24) is 24.2 Å². The van der Waals surface area contributed by atoms with Gasteiger partial charge in [-0.15, -0.1) is 12.3 Å². The number of amides is 1. The molecule has 0 saturated carbocycles. The number of aryl methyl sites for hydroxylation is 2. The molecule has 0 radical (unpaired) electrons. The molecule has 1 aromatic carbocycles. The second kappa shape index (κ2) is 12.6. The van der Waals surface area contributed by atoms with E-state index in [-0.39, 0.29) is 35.4 Å². The maximum atomic E-state index is 13.8. The minimum Gasteiger partial charge on any atom is -0.496 e. The number of methoxy groups -OCH3 is 1. The third-order valence-corrected chi connectivity index (χ3v) is 9.51. The van der Waals surface area contributed by atoms with Gasteiger partial charge in [0.1, 0.15) is 11.6 Å². The third kappa shape index (κ3) is 6.20. The van der Waals surface area contributed by atoms with Gasteiger partial charge in [-0.05, 0) is 62.4 Å². The second-order valence-corrected chi connectivity index (χ2v) is 13.0. The van der Waals surface area contributed by atoms with Crippen molar-refractivity contribution in [2.45, 2.75) is 26.8 Å². The number of aromatic amines is 1. The summed E-state index contributed by atoms with van der Waals surface area (Å²) in [5.41, 5.74) is 3.12. The predicted octanol–water partition coefficient (Wildman–Crippen LogP) is 2.90. The summed E-state index contributed by atoms with van der Waals surface area (Å²) in [5.74, 6) is 2.90. The van der Waals surface area contributed by atoms with Gasteiger partial charge in [0, 0.05) is 67.2 Å². The summed E-state index contributed by atoms with van der Waals surface area (Å²) in [4.78, 5) is 38.4. The number of benzene rings is 1. The van der Waals surface area contributed by atoms with E-state index in [0.717, 1.165) is 37.6 Å². The number of pyridine rings is 2. The number of fused-ring (bicyclic) bond motifs is 1. The topological polar surface area (TPSA) is 130 Å². The molecule has 0 aliphatic carbocycles. The predicted molar refractivity (Wildman–Crippen MR) is 172 cm³/mol.